The molecule has 2 bridgehead atoms. The Morgan fingerprint density at radius 2 is 1.95 bits per heavy atom. The summed E-state index contributed by atoms with van der Waals surface area (Å²) in [5.74, 6) is 0.931. The third-order valence-electron chi connectivity index (χ3n) is 4.90. The molecule has 21 heavy (non-hydrogen) atoms. The van der Waals surface area contributed by atoms with Gasteiger partial charge in [0, 0.05) is 30.7 Å². The maximum Gasteiger partial charge on any atom is 0.227 e. The molecule has 2 aliphatic heterocycles. The highest BCUT2D eigenvalue weighted by atomic mass is 35.5. The van der Waals surface area contributed by atoms with Crippen LogP contribution in [-0.4, -0.2) is 41.1 Å². The zero-order valence-corrected chi connectivity index (χ0v) is 13.7. The highest BCUT2D eigenvalue weighted by Gasteiger charge is 2.36. The molecule has 0 radical (unpaired) electrons. The van der Waals surface area contributed by atoms with Gasteiger partial charge >= 0.3 is 0 Å². The molecule has 2 atom stereocenters. The average Bonchev–Trinajstić information content (AvgIpc) is 2.93. The third-order valence-corrected chi connectivity index (χ3v) is 4.90. The standard InChI is InChI=1S/C15H23N3O2.ClH/c1-9-14(10(2)20-17-9)8-15(19)18(3)13-6-11-4-5-12(7-13)16-11;/h11-13,16H,4-8H2,1-3H3;1H. The van der Waals surface area contributed by atoms with Crippen molar-refractivity contribution in [1.29, 1.82) is 0 Å². The van der Waals surface area contributed by atoms with Crippen molar-refractivity contribution in [2.45, 2.75) is 64.1 Å². The molecule has 1 amide bonds. The number of halogens is 1. The number of carbonyl (C=O) groups is 1. The van der Waals surface area contributed by atoms with E-state index in [-0.39, 0.29) is 18.3 Å². The number of nitrogens with zero attached hydrogens (tertiary/aromatic N) is 2. The van der Waals surface area contributed by atoms with Crippen molar-refractivity contribution in [2.75, 3.05) is 7.05 Å². The molecule has 1 aromatic rings. The zero-order valence-electron chi connectivity index (χ0n) is 12.9. The van der Waals surface area contributed by atoms with Crippen molar-refractivity contribution < 1.29 is 9.32 Å². The largest absolute Gasteiger partial charge is 0.361 e. The first-order valence-corrected chi connectivity index (χ1v) is 7.48. The van der Waals surface area contributed by atoms with Crippen molar-refractivity contribution in [3.05, 3.63) is 17.0 Å². The van der Waals surface area contributed by atoms with E-state index in [9.17, 15) is 4.79 Å². The molecule has 0 aliphatic carbocycles. The second-order valence-corrected chi connectivity index (χ2v) is 6.25. The summed E-state index contributed by atoms with van der Waals surface area (Å²) < 4.78 is 5.13. The summed E-state index contributed by atoms with van der Waals surface area (Å²) in [5.41, 5.74) is 1.77. The Labute approximate surface area is 131 Å². The van der Waals surface area contributed by atoms with Crippen molar-refractivity contribution in [3.63, 3.8) is 0 Å². The van der Waals surface area contributed by atoms with Gasteiger partial charge in [-0.25, -0.2) is 0 Å². The summed E-state index contributed by atoms with van der Waals surface area (Å²) in [6.45, 7) is 3.76. The van der Waals surface area contributed by atoms with E-state index in [1.54, 1.807) is 0 Å². The van der Waals surface area contributed by atoms with Crippen LogP contribution in [-0.2, 0) is 11.2 Å². The molecule has 6 heteroatoms. The lowest BCUT2D eigenvalue weighted by Crippen LogP contribution is -2.49. The summed E-state index contributed by atoms with van der Waals surface area (Å²) in [4.78, 5) is 14.4. The zero-order chi connectivity index (χ0) is 14.3. The fourth-order valence-corrected chi connectivity index (χ4v) is 3.58. The van der Waals surface area contributed by atoms with Crippen LogP contribution in [0.4, 0.5) is 0 Å². The Kier molecular flexibility index (Phi) is 4.94. The molecule has 5 nitrogen and oxygen atoms in total. The van der Waals surface area contributed by atoms with Crippen LogP contribution in [0.15, 0.2) is 4.52 Å². The lowest BCUT2D eigenvalue weighted by Gasteiger charge is -2.35. The summed E-state index contributed by atoms with van der Waals surface area (Å²) in [6.07, 6.45) is 5.08. The predicted octanol–water partition coefficient (Wildman–Crippen LogP) is 2.00. The number of aryl methyl sites for hydroxylation is 2. The third kappa shape index (κ3) is 3.24. The van der Waals surface area contributed by atoms with E-state index in [1.807, 2.05) is 25.8 Å². The van der Waals surface area contributed by atoms with E-state index in [0.29, 0.717) is 24.5 Å². The van der Waals surface area contributed by atoms with Gasteiger partial charge < -0.3 is 14.7 Å². The van der Waals surface area contributed by atoms with Gasteiger partial charge in [0.1, 0.15) is 5.76 Å². The highest BCUT2D eigenvalue weighted by molar-refractivity contribution is 5.85. The lowest BCUT2D eigenvalue weighted by molar-refractivity contribution is -0.132. The molecule has 2 saturated heterocycles. The maximum atomic E-state index is 12.5. The summed E-state index contributed by atoms with van der Waals surface area (Å²) in [6, 6.07) is 1.59. The van der Waals surface area contributed by atoms with Crippen LogP contribution in [0.3, 0.4) is 0 Å². The number of amides is 1. The summed E-state index contributed by atoms with van der Waals surface area (Å²) >= 11 is 0. The molecule has 0 saturated carbocycles. The summed E-state index contributed by atoms with van der Waals surface area (Å²) in [7, 11) is 1.94. The fourth-order valence-electron chi connectivity index (χ4n) is 3.58. The Morgan fingerprint density at radius 1 is 1.33 bits per heavy atom. The van der Waals surface area contributed by atoms with Gasteiger partial charge in [0.25, 0.3) is 0 Å². The topological polar surface area (TPSA) is 58.4 Å². The number of carbonyl (C=O) groups excluding carboxylic acids is 1. The summed E-state index contributed by atoms with van der Waals surface area (Å²) in [5, 5.41) is 7.53. The minimum absolute atomic E-state index is 0. The molecular weight excluding hydrogens is 290 g/mol. The van der Waals surface area contributed by atoms with Gasteiger partial charge in [0.05, 0.1) is 12.1 Å². The van der Waals surface area contributed by atoms with Gasteiger partial charge in [-0.2, -0.15) is 0 Å². The monoisotopic (exact) mass is 313 g/mol. The lowest BCUT2D eigenvalue weighted by atomic mass is 9.98. The molecule has 2 fully saturated rings. The van der Waals surface area contributed by atoms with Crippen LogP contribution in [0.25, 0.3) is 0 Å². The van der Waals surface area contributed by atoms with Gasteiger partial charge in [-0.15, -0.1) is 12.4 Å². The Morgan fingerprint density at radius 3 is 2.48 bits per heavy atom. The van der Waals surface area contributed by atoms with E-state index in [4.69, 9.17) is 4.52 Å². The van der Waals surface area contributed by atoms with Crippen molar-refractivity contribution in [1.82, 2.24) is 15.4 Å². The number of aromatic nitrogens is 1. The van der Waals surface area contributed by atoms with Crippen molar-refractivity contribution in [3.8, 4) is 0 Å². The first kappa shape index (κ1) is 16.3. The van der Waals surface area contributed by atoms with Crippen LogP contribution in [0.5, 0.6) is 0 Å². The quantitative estimate of drug-likeness (QED) is 0.927. The molecular formula is C15H24ClN3O2. The van der Waals surface area contributed by atoms with Crippen LogP contribution < -0.4 is 5.32 Å². The molecule has 2 aliphatic rings. The predicted molar refractivity (Wildman–Crippen MR) is 82.7 cm³/mol. The van der Waals surface area contributed by atoms with Gasteiger partial charge in [-0.3, -0.25) is 4.79 Å². The molecule has 3 heterocycles. The second kappa shape index (κ2) is 6.36. The van der Waals surface area contributed by atoms with E-state index in [1.165, 1.54) is 12.8 Å². The highest BCUT2D eigenvalue weighted by Crippen LogP contribution is 2.29. The smallest absolute Gasteiger partial charge is 0.227 e. The van der Waals surface area contributed by atoms with Gasteiger partial charge in [-0.05, 0) is 39.5 Å². The minimum Gasteiger partial charge on any atom is -0.361 e. The number of hydrogen-bond acceptors (Lipinski definition) is 4. The van der Waals surface area contributed by atoms with E-state index in [0.717, 1.165) is 29.9 Å². The van der Waals surface area contributed by atoms with Crippen LogP contribution in [0.1, 0.15) is 42.7 Å². The van der Waals surface area contributed by atoms with E-state index < -0.39 is 0 Å². The maximum absolute atomic E-state index is 12.5. The number of hydrogen-bond donors (Lipinski definition) is 1. The molecule has 0 aromatic carbocycles. The van der Waals surface area contributed by atoms with Crippen LogP contribution in [0.2, 0.25) is 0 Å². The number of fused-ring (bicyclic) bond motifs is 2. The number of nitrogens with one attached hydrogen (secondary N) is 1. The first-order valence-electron chi connectivity index (χ1n) is 7.48. The minimum atomic E-state index is 0. The van der Waals surface area contributed by atoms with Crippen molar-refractivity contribution in [2.24, 2.45) is 0 Å². The first-order chi connectivity index (χ1) is 9.54. The number of piperidine rings is 1. The normalized spacial score (nSPS) is 27.3. The fraction of sp³-hybridized carbons (Fsp3) is 0.733. The molecule has 2 unspecified atom stereocenters. The SMILES string of the molecule is Cc1noc(C)c1CC(=O)N(C)C1CC2CCC(C1)N2.Cl. The number of likely N-dealkylation sites (N-methyl/N-ethyl adjacent to an activating group) is 1. The van der Waals surface area contributed by atoms with E-state index >= 15 is 0 Å². The molecule has 0 spiro atoms. The molecule has 1 aromatic heterocycles. The van der Waals surface area contributed by atoms with Gasteiger partial charge in [0.2, 0.25) is 5.91 Å². The van der Waals surface area contributed by atoms with Gasteiger partial charge in [0.15, 0.2) is 0 Å². The van der Waals surface area contributed by atoms with E-state index in [2.05, 4.69) is 10.5 Å². The second-order valence-electron chi connectivity index (χ2n) is 6.25. The van der Waals surface area contributed by atoms with Crippen molar-refractivity contribution >= 4 is 18.3 Å². The Hall–Kier alpha value is -1.07. The molecule has 1 N–H and O–H groups in total. The average molecular weight is 314 g/mol. The molecule has 118 valence electrons. The van der Waals surface area contributed by atoms with Gasteiger partial charge in [-0.1, -0.05) is 5.16 Å². The Balaban J connectivity index is 0.00000161. The number of rotatable bonds is 3. The molecule has 3 rings (SSSR count). The van der Waals surface area contributed by atoms with Crippen LogP contribution >= 0.6 is 12.4 Å². The Bertz CT molecular complexity index is 486. The van der Waals surface area contributed by atoms with Crippen LogP contribution in [0, 0.1) is 13.8 Å².